The number of hydrogen-bond donors (Lipinski definition) is 0. The van der Waals surface area contributed by atoms with Crippen LogP contribution in [0.2, 0.25) is 0 Å². The minimum Gasteiger partial charge on any atom is -0.465 e. The first-order valence-corrected chi connectivity index (χ1v) is 11.9. The molecule has 12 heteroatoms. The lowest BCUT2D eigenvalue weighted by atomic mass is 10.2. The smallest absolute Gasteiger partial charge is 0.341 e. The van der Waals surface area contributed by atoms with Gasteiger partial charge in [0.05, 0.1) is 25.7 Å². The molecule has 2 aromatic rings. The summed E-state index contributed by atoms with van der Waals surface area (Å²) in [5.74, 6) is -3.37. The third-order valence-electron chi connectivity index (χ3n) is 3.81. The first-order valence-electron chi connectivity index (χ1n) is 8.77. The number of carbonyl (C=O) groups is 2. The Labute approximate surface area is 179 Å². The topological polar surface area (TPSA) is 139 Å². The Balaban J connectivity index is 2.03. The Kier molecular flexibility index (Phi) is 8.00. The number of carbonyl (C=O) groups excluding carboxylic acids is 2. The van der Waals surface area contributed by atoms with Crippen LogP contribution < -0.4 is 8.37 Å². The molecule has 0 saturated heterocycles. The van der Waals surface area contributed by atoms with Crippen molar-refractivity contribution in [3.63, 3.8) is 0 Å². The second-order valence-corrected chi connectivity index (χ2v) is 9.40. The van der Waals surface area contributed by atoms with Crippen molar-refractivity contribution >= 4 is 32.2 Å². The highest BCUT2D eigenvalue weighted by Crippen LogP contribution is 2.22. The standard InChI is InChI=1S/C19H20O10S2/c1-26-18(20)14-8-3-5-10-16(14)28-30(22,23)12-7-13-31(24,25)29-17-11-6-4-9-15(17)19(21)27-2/h3-6,8-11H,7,12-13H2,1-2H3. The zero-order valence-corrected chi connectivity index (χ0v) is 18.3. The molecule has 0 aliphatic rings. The second kappa shape index (κ2) is 10.3. The minimum atomic E-state index is -4.22. The largest absolute Gasteiger partial charge is 0.465 e. The lowest BCUT2D eigenvalue weighted by Crippen LogP contribution is -2.21. The molecule has 0 N–H and O–H groups in total. The molecule has 0 spiro atoms. The molecule has 0 aliphatic heterocycles. The molecule has 0 unspecified atom stereocenters. The van der Waals surface area contributed by atoms with Gasteiger partial charge in [0.2, 0.25) is 0 Å². The lowest BCUT2D eigenvalue weighted by Gasteiger charge is -2.11. The van der Waals surface area contributed by atoms with E-state index in [1.165, 1.54) is 48.5 Å². The van der Waals surface area contributed by atoms with E-state index >= 15 is 0 Å². The normalized spacial score (nSPS) is 11.4. The summed E-state index contributed by atoms with van der Waals surface area (Å²) >= 11 is 0. The van der Waals surface area contributed by atoms with Crippen molar-refractivity contribution in [3.8, 4) is 11.5 Å². The molecule has 31 heavy (non-hydrogen) atoms. The van der Waals surface area contributed by atoms with Crippen LogP contribution in [0.5, 0.6) is 11.5 Å². The van der Waals surface area contributed by atoms with Gasteiger partial charge in [0.1, 0.15) is 11.1 Å². The molecule has 0 fully saturated rings. The third-order valence-corrected chi connectivity index (χ3v) is 6.25. The summed E-state index contributed by atoms with van der Waals surface area (Å²) in [6, 6.07) is 11.1. The number of rotatable bonds is 10. The highest BCUT2D eigenvalue weighted by molar-refractivity contribution is 7.88. The Hall–Kier alpha value is -3.12. The van der Waals surface area contributed by atoms with Crippen LogP contribution in [-0.4, -0.2) is 54.5 Å². The predicted octanol–water partition coefficient (Wildman–Crippen LogP) is 1.77. The quantitative estimate of drug-likeness (QED) is 0.371. The average molecular weight is 472 g/mol. The summed E-state index contributed by atoms with van der Waals surface area (Å²) in [5.41, 5.74) is -0.187. The fraction of sp³-hybridized carbons (Fsp3) is 0.263. The molecule has 0 saturated carbocycles. The van der Waals surface area contributed by atoms with Crippen molar-refractivity contribution < 1.29 is 44.3 Å². The average Bonchev–Trinajstić information content (AvgIpc) is 2.72. The highest BCUT2D eigenvalue weighted by Gasteiger charge is 2.23. The number of esters is 2. The SMILES string of the molecule is COC(=O)c1ccccc1OS(=O)(=O)CCCS(=O)(=O)Oc1ccccc1C(=O)OC. The fourth-order valence-electron chi connectivity index (χ4n) is 2.41. The van der Waals surface area contributed by atoms with Crippen LogP contribution in [0.25, 0.3) is 0 Å². The molecule has 0 bridgehead atoms. The summed E-state index contributed by atoms with van der Waals surface area (Å²) in [5, 5.41) is 0. The van der Waals surface area contributed by atoms with Crippen LogP contribution in [0.4, 0.5) is 0 Å². The van der Waals surface area contributed by atoms with Crippen molar-refractivity contribution in [2.45, 2.75) is 6.42 Å². The molecule has 10 nitrogen and oxygen atoms in total. The maximum absolute atomic E-state index is 12.2. The van der Waals surface area contributed by atoms with Gasteiger partial charge in [-0.25, -0.2) is 9.59 Å². The zero-order chi connectivity index (χ0) is 23.1. The molecule has 0 aromatic heterocycles. The van der Waals surface area contributed by atoms with E-state index in [0.717, 1.165) is 14.2 Å². The molecule has 0 heterocycles. The number of methoxy groups -OCH3 is 2. The van der Waals surface area contributed by atoms with Crippen molar-refractivity contribution in [1.29, 1.82) is 0 Å². The van der Waals surface area contributed by atoms with Gasteiger partial charge in [0.25, 0.3) is 0 Å². The minimum absolute atomic E-state index is 0.0936. The zero-order valence-electron chi connectivity index (χ0n) is 16.6. The van der Waals surface area contributed by atoms with E-state index in [9.17, 15) is 26.4 Å². The monoisotopic (exact) mass is 472 g/mol. The summed E-state index contributed by atoms with van der Waals surface area (Å²) in [6.45, 7) is 0. The first-order chi connectivity index (χ1) is 14.6. The lowest BCUT2D eigenvalue weighted by molar-refractivity contribution is 0.0589. The molecule has 0 amide bonds. The Morgan fingerprint density at radius 2 is 1.03 bits per heavy atom. The van der Waals surface area contributed by atoms with Gasteiger partial charge in [-0.2, -0.15) is 16.8 Å². The maximum Gasteiger partial charge on any atom is 0.341 e. The van der Waals surface area contributed by atoms with Crippen LogP contribution in [0.15, 0.2) is 48.5 Å². The predicted molar refractivity (Wildman–Crippen MR) is 109 cm³/mol. The van der Waals surface area contributed by atoms with Crippen LogP contribution in [-0.2, 0) is 29.7 Å². The summed E-state index contributed by atoms with van der Waals surface area (Å²) < 4.78 is 67.9. The van der Waals surface area contributed by atoms with E-state index in [2.05, 4.69) is 9.47 Å². The fourth-order valence-corrected chi connectivity index (χ4v) is 4.59. The third kappa shape index (κ3) is 6.96. The summed E-state index contributed by atoms with van der Waals surface area (Å²) in [7, 11) is -6.17. The van der Waals surface area contributed by atoms with Crippen molar-refractivity contribution in [3.05, 3.63) is 59.7 Å². The van der Waals surface area contributed by atoms with Gasteiger partial charge in [-0.1, -0.05) is 24.3 Å². The van der Waals surface area contributed by atoms with Gasteiger partial charge in [0.15, 0.2) is 11.5 Å². The molecule has 2 aromatic carbocycles. The van der Waals surface area contributed by atoms with Gasteiger partial charge in [-0.05, 0) is 30.7 Å². The molecular weight excluding hydrogens is 452 g/mol. The van der Waals surface area contributed by atoms with E-state index < -0.39 is 43.7 Å². The van der Waals surface area contributed by atoms with Gasteiger partial charge in [-0.15, -0.1) is 0 Å². The molecule has 0 aliphatic carbocycles. The van der Waals surface area contributed by atoms with Crippen molar-refractivity contribution in [2.24, 2.45) is 0 Å². The van der Waals surface area contributed by atoms with Crippen LogP contribution in [0.3, 0.4) is 0 Å². The van der Waals surface area contributed by atoms with E-state index in [1.54, 1.807) is 0 Å². The van der Waals surface area contributed by atoms with Crippen molar-refractivity contribution in [2.75, 3.05) is 25.7 Å². The number of hydrogen-bond acceptors (Lipinski definition) is 10. The van der Waals surface area contributed by atoms with Crippen LogP contribution in [0.1, 0.15) is 27.1 Å². The Bertz CT molecular complexity index is 1060. The van der Waals surface area contributed by atoms with E-state index in [1.807, 2.05) is 0 Å². The van der Waals surface area contributed by atoms with E-state index in [0.29, 0.717) is 0 Å². The first kappa shape index (κ1) is 24.2. The van der Waals surface area contributed by atoms with Gasteiger partial charge in [-0.3, -0.25) is 0 Å². The van der Waals surface area contributed by atoms with Crippen LogP contribution in [0, 0.1) is 0 Å². The second-order valence-electron chi connectivity index (χ2n) is 6.02. The highest BCUT2D eigenvalue weighted by atomic mass is 32.2. The number of benzene rings is 2. The Morgan fingerprint density at radius 1 is 0.677 bits per heavy atom. The Morgan fingerprint density at radius 3 is 1.39 bits per heavy atom. The summed E-state index contributed by atoms with van der Waals surface area (Å²) in [4.78, 5) is 23.4. The van der Waals surface area contributed by atoms with E-state index in [4.69, 9.17) is 8.37 Å². The van der Waals surface area contributed by atoms with Gasteiger partial charge < -0.3 is 17.8 Å². The molecule has 0 atom stereocenters. The summed E-state index contributed by atoms with van der Waals surface area (Å²) in [6.07, 6.45) is -0.356. The number of para-hydroxylation sites is 2. The maximum atomic E-state index is 12.2. The van der Waals surface area contributed by atoms with Crippen molar-refractivity contribution in [1.82, 2.24) is 0 Å². The molecule has 2 rings (SSSR count). The molecule has 0 radical (unpaired) electrons. The molecule has 168 valence electrons. The van der Waals surface area contributed by atoms with Gasteiger partial charge >= 0.3 is 32.2 Å². The van der Waals surface area contributed by atoms with Gasteiger partial charge in [0, 0.05) is 0 Å². The van der Waals surface area contributed by atoms with Crippen LogP contribution >= 0.6 is 0 Å². The molecular formula is C19H20O10S2. The number of ether oxygens (including phenoxy) is 2. The van der Waals surface area contributed by atoms with E-state index in [-0.39, 0.29) is 29.0 Å².